The number of rotatable bonds is 2. The van der Waals surface area contributed by atoms with Gasteiger partial charge in [0.1, 0.15) is 0 Å². The lowest BCUT2D eigenvalue weighted by Gasteiger charge is -2.26. The molecule has 0 aliphatic carbocycles. The molecule has 2 aliphatic heterocycles. The molecule has 1 aromatic carbocycles. The van der Waals surface area contributed by atoms with E-state index in [0.717, 1.165) is 33.1 Å². The number of hydrogen-bond donors (Lipinski definition) is 1. The molecule has 0 saturated heterocycles. The fraction of sp³-hybridized carbons (Fsp3) is 0.176. The lowest BCUT2D eigenvalue weighted by molar-refractivity contribution is 0.458. The second kappa shape index (κ2) is 5.52. The van der Waals surface area contributed by atoms with Crippen molar-refractivity contribution in [2.24, 2.45) is 17.0 Å². The van der Waals surface area contributed by atoms with Crippen LogP contribution >= 0.6 is 11.3 Å². The molecule has 0 bridgehead atoms. The highest BCUT2D eigenvalue weighted by molar-refractivity contribution is 7.16. The van der Waals surface area contributed by atoms with Crippen LogP contribution in [0.4, 0.5) is 5.69 Å². The molecule has 5 rings (SSSR count). The van der Waals surface area contributed by atoms with Gasteiger partial charge in [-0.15, -0.1) is 11.3 Å². The van der Waals surface area contributed by atoms with E-state index in [-0.39, 0.29) is 6.04 Å². The molecule has 3 aromatic rings. The maximum absolute atomic E-state index is 4.71. The van der Waals surface area contributed by atoms with Gasteiger partial charge in [0.2, 0.25) is 0 Å². The lowest BCUT2D eigenvalue weighted by Crippen LogP contribution is -2.37. The highest BCUT2D eigenvalue weighted by Crippen LogP contribution is 2.29. The Bertz CT molecular complexity index is 1040. The predicted octanol–water partition coefficient (Wildman–Crippen LogP) is 2.78. The van der Waals surface area contributed by atoms with E-state index in [1.54, 1.807) is 17.5 Å². The Morgan fingerprint density at radius 3 is 3.16 bits per heavy atom. The van der Waals surface area contributed by atoms with Gasteiger partial charge in [0.15, 0.2) is 11.7 Å². The smallest absolute Gasteiger partial charge is 0.173 e. The number of nitrogens with zero attached hydrogens (tertiary/aromatic N) is 6. The van der Waals surface area contributed by atoms with E-state index >= 15 is 0 Å². The van der Waals surface area contributed by atoms with Crippen LogP contribution < -0.4 is 5.32 Å². The number of benzene rings is 1. The summed E-state index contributed by atoms with van der Waals surface area (Å²) in [6, 6.07) is 6.28. The van der Waals surface area contributed by atoms with Gasteiger partial charge in [-0.2, -0.15) is 5.10 Å². The van der Waals surface area contributed by atoms with Gasteiger partial charge in [0.05, 0.1) is 34.5 Å². The van der Waals surface area contributed by atoms with Crippen LogP contribution in [0.1, 0.15) is 11.6 Å². The second-order valence-electron chi connectivity index (χ2n) is 5.97. The molecule has 1 N–H and O–H groups in total. The number of hydrogen-bond acceptors (Lipinski definition) is 7. The highest BCUT2D eigenvalue weighted by Gasteiger charge is 2.32. The quantitative estimate of drug-likeness (QED) is 0.772. The molecule has 7 nitrogen and oxygen atoms in total. The maximum atomic E-state index is 4.71. The van der Waals surface area contributed by atoms with Crippen molar-refractivity contribution in [2.45, 2.75) is 6.04 Å². The van der Waals surface area contributed by atoms with Crippen LogP contribution in [-0.2, 0) is 7.05 Å². The maximum Gasteiger partial charge on any atom is 0.173 e. The monoisotopic (exact) mass is 349 g/mol. The van der Waals surface area contributed by atoms with Gasteiger partial charge in [-0.25, -0.2) is 9.98 Å². The van der Waals surface area contributed by atoms with Crippen molar-refractivity contribution < 1.29 is 0 Å². The third-order valence-electron chi connectivity index (χ3n) is 4.34. The van der Waals surface area contributed by atoms with Crippen LogP contribution in [0.15, 0.2) is 58.5 Å². The zero-order chi connectivity index (χ0) is 16.8. The first kappa shape index (κ1) is 14.4. The van der Waals surface area contributed by atoms with Gasteiger partial charge < -0.3 is 10.2 Å². The number of fused-ring (bicyclic) bond motifs is 2. The number of anilines is 1. The Morgan fingerprint density at radius 1 is 1.32 bits per heavy atom. The fourth-order valence-electron chi connectivity index (χ4n) is 3.14. The number of thiazole rings is 1. The van der Waals surface area contributed by atoms with Crippen molar-refractivity contribution in [2.75, 3.05) is 11.9 Å². The highest BCUT2D eigenvalue weighted by atomic mass is 32.1. The average Bonchev–Trinajstić information content (AvgIpc) is 3.33. The van der Waals surface area contributed by atoms with Gasteiger partial charge in [0.25, 0.3) is 0 Å². The van der Waals surface area contributed by atoms with Gasteiger partial charge in [-0.3, -0.25) is 9.67 Å². The molecule has 0 amide bonds. The number of nitrogens with one attached hydrogen (secondary N) is 1. The average molecular weight is 349 g/mol. The van der Waals surface area contributed by atoms with Gasteiger partial charge >= 0.3 is 0 Å². The normalized spacial score (nSPS) is 19.1. The lowest BCUT2D eigenvalue weighted by atomic mass is 10.1. The molecular formula is C17H15N7S. The van der Waals surface area contributed by atoms with E-state index in [2.05, 4.69) is 31.4 Å². The van der Waals surface area contributed by atoms with Gasteiger partial charge in [-0.1, -0.05) is 0 Å². The molecular weight excluding hydrogens is 334 g/mol. The van der Waals surface area contributed by atoms with Crippen LogP contribution in [0.2, 0.25) is 0 Å². The third-order valence-corrected chi connectivity index (χ3v) is 5.13. The van der Waals surface area contributed by atoms with Crippen molar-refractivity contribution in [3.63, 3.8) is 0 Å². The van der Waals surface area contributed by atoms with E-state index in [0.29, 0.717) is 6.54 Å². The molecule has 124 valence electrons. The second-order valence-corrected chi connectivity index (χ2v) is 6.86. The minimum absolute atomic E-state index is 0.163. The fourth-order valence-corrected chi connectivity index (χ4v) is 3.85. The first-order valence-corrected chi connectivity index (χ1v) is 8.82. The van der Waals surface area contributed by atoms with Gasteiger partial charge in [-0.05, 0) is 18.2 Å². The zero-order valence-corrected chi connectivity index (χ0v) is 14.3. The molecule has 2 aromatic heterocycles. The zero-order valence-electron chi connectivity index (χ0n) is 13.5. The molecule has 0 spiro atoms. The summed E-state index contributed by atoms with van der Waals surface area (Å²) in [7, 11) is 1.93. The van der Waals surface area contributed by atoms with Gasteiger partial charge in [0, 0.05) is 36.9 Å². The largest absolute Gasteiger partial charge is 0.337 e. The van der Waals surface area contributed by atoms with E-state index in [4.69, 9.17) is 4.99 Å². The molecule has 4 heterocycles. The van der Waals surface area contributed by atoms with Crippen LogP contribution in [0.5, 0.6) is 0 Å². The molecule has 2 aliphatic rings. The summed E-state index contributed by atoms with van der Waals surface area (Å²) < 4.78 is 2.97. The Hall–Kier alpha value is -3.00. The molecule has 0 saturated carbocycles. The molecule has 0 radical (unpaired) electrons. The van der Waals surface area contributed by atoms with Crippen LogP contribution in [0, 0.1) is 0 Å². The first-order valence-electron chi connectivity index (χ1n) is 7.94. The molecule has 25 heavy (non-hydrogen) atoms. The molecule has 8 heteroatoms. The summed E-state index contributed by atoms with van der Waals surface area (Å²) in [5.41, 5.74) is 5.00. The van der Waals surface area contributed by atoms with E-state index in [1.807, 2.05) is 48.0 Å². The molecule has 1 unspecified atom stereocenters. The van der Waals surface area contributed by atoms with Crippen LogP contribution in [-0.4, -0.2) is 37.9 Å². The number of amidine groups is 2. The summed E-state index contributed by atoms with van der Waals surface area (Å²) in [5.74, 6) is 1.62. The van der Waals surface area contributed by atoms with E-state index in [9.17, 15) is 0 Å². The molecule has 0 fully saturated rings. The summed E-state index contributed by atoms with van der Waals surface area (Å²) in [4.78, 5) is 15.7. The first-order chi connectivity index (χ1) is 12.3. The van der Waals surface area contributed by atoms with Crippen molar-refractivity contribution in [1.82, 2.24) is 19.7 Å². The third kappa shape index (κ3) is 2.42. The predicted molar refractivity (Wildman–Crippen MR) is 99.9 cm³/mol. The Morgan fingerprint density at radius 2 is 2.28 bits per heavy atom. The minimum atomic E-state index is 0.163. The van der Waals surface area contributed by atoms with E-state index < -0.39 is 0 Å². The van der Waals surface area contributed by atoms with Crippen molar-refractivity contribution in [3.8, 4) is 0 Å². The Balaban J connectivity index is 1.41. The van der Waals surface area contributed by atoms with Crippen molar-refractivity contribution in [1.29, 1.82) is 0 Å². The summed E-state index contributed by atoms with van der Waals surface area (Å²) in [5, 5.41) is 7.67. The summed E-state index contributed by atoms with van der Waals surface area (Å²) >= 11 is 1.63. The number of aliphatic imine (C=N–C) groups is 2. The Kier molecular flexibility index (Phi) is 3.17. The van der Waals surface area contributed by atoms with Crippen LogP contribution in [0.25, 0.3) is 10.2 Å². The number of aryl methyl sites for hydroxylation is 1. The summed E-state index contributed by atoms with van der Waals surface area (Å²) in [6.45, 7) is 0.694. The van der Waals surface area contributed by atoms with Crippen molar-refractivity contribution >= 4 is 38.9 Å². The SMILES string of the molecule is Cn1cc(C2CN=C3C(Nc4ccc5ncsc5c4)=NC=CN32)cn1. The topological polar surface area (TPSA) is 70.7 Å². The van der Waals surface area contributed by atoms with Crippen molar-refractivity contribution in [3.05, 3.63) is 54.1 Å². The standard InChI is InChI=1S/C17H15N7S/c1-23-9-11(7-21-23)14-8-19-17-16(18-4-5-24(14)17)22-12-2-3-13-15(6-12)25-10-20-13/h2-7,9-10,14H,8H2,1H3,(H,18,22). The van der Waals surface area contributed by atoms with Crippen LogP contribution in [0.3, 0.4) is 0 Å². The summed E-state index contributed by atoms with van der Waals surface area (Å²) in [6.07, 6.45) is 7.71. The van der Waals surface area contributed by atoms with E-state index in [1.165, 1.54) is 0 Å². The minimum Gasteiger partial charge on any atom is -0.337 e. The Labute approximate surface area is 148 Å². The number of aromatic nitrogens is 3. The molecule has 1 atom stereocenters.